The van der Waals surface area contributed by atoms with Crippen LogP contribution in [0.2, 0.25) is 0 Å². The quantitative estimate of drug-likeness (QED) is 0.896. The molecule has 18 heavy (non-hydrogen) atoms. The number of hydrogen-bond acceptors (Lipinski definition) is 3. The molecule has 0 aromatic carbocycles. The molecule has 0 aliphatic carbocycles. The number of aromatic nitrogens is 1. The Bertz CT molecular complexity index is 617. The minimum Gasteiger partial charge on any atom is -0.494 e. The summed E-state index contributed by atoms with van der Waals surface area (Å²) in [5.74, 6) is 1.47. The summed E-state index contributed by atoms with van der Waals surface area (Å²) >= 11 is 0. The maximum Gasteiger partial charge on any atom is 0.152 e. The van der Waals surface area contributed by atoms with Crippen LogP contribution in [0.15, 0.2) is 63.7 Å². The van der Waals surface area contributed by atoms with Crippen LogP contribution in [0, 0.1) is 0 Å². The van der Waals surface area contributed by atoms with E-state index in [0.29, 0.717) is 0 Å². The Kier molecular flexibility index (Phi) is 2.61. The zero-order valence-electron chi connectivity index (χ0n) is 9.88. The van der Waals surface area contributed by atoms with Gasteiger partial charge in [-0.25, -0.2) is 4.99 Å². The number of furan rings is 1. The number of nitrogens with zero attached hydrogens (tertiary/aromatic N) is 1. The molecular weight excluding hydrogens is 228 g/mol. The van der Waals surface area contributed by atoms with Gasteiger partial charge in [0, 0.05) is 18.0 Å². The first-order chi connectivity index (χ1) is 8.86. The average Bonchev–Trinajstić information content (AvgIpc) is 3.10. The van der Waals surface area contributed by atoms with Crippen LogP contribution in [0.25, 0.3) is 6.08 Å². The predicted octanol–water partition coefficient (Wildman–Crippen LogP) is 2.98. The van der Waals surface area contributed by atoms with Crippen molar-refractivity contribution in [2.75, 3.05) is 7.11 Å². The number of methoxy groups -OCH3 is 1. The monoisotopic (exact) mass is 240 g/mol. The van der Waals surface area contributed by atoms with Crippen molar-refractivity contribution in [2.24, 2.45) is 4.99 Å². The molecule has 0 saturated carbocycles. The number of nitrogens with one attached hydrogen (secondary N) is 1. The van der Waals surface area contributed by atoms with Crippen molar-refractivity contribution in [3.05, 3.63) is 65.7 Å². The summed E-state index contributed by atoms with van der Waals surface area (Å²) in [5.41, 5.74) is 2.54. The molecule has 0 atom stereocenters. The second-order valence-electron chi connectivity index (χ2n) is 3.84. The van der Waals surface area contributed by atoms with Gasteiger partial charge in [-0.1, -0.05) is 0 Å². The molecule has 1 N–H and O–H groups in total. The summed E-state index contributed by atoms with van der Waals surface area (Å²) < 4.78 is 10.7. The molecular formula is C14H12N2O2. The van der Waals surface area contributed by atoms with Gasteiger partial charge in [0.05, 0.1) is 13.4 Å². The first-order valence-electron chi connectivity index (χ1n) is 5.60. The largest absolute Gasteiger partial charge is 0.494 e. The highest BCUT2D eigenvalue weighted by Gasteiger charge is 2.17. The number of H-pyrrole nitrogens is 1. The number of rotatable bonds is 3. The van der Waals surface area contributed by atoms with Crippen molar-refractivity contribution in [2.45, 2.75) is 0 Å². The lowest BCUT2D eigenvalue weighted by Crippen LogP contribution is -1.89. The average molecular weight is 240 g/mol. The Morgan fingerprint density at radius 1 is 1.33 bits per heavy atom. The van der Waals surface area contributed by atoms with Gasteiger partial charge >= 0.3 is 0 Å². The number of ether oxygens (including phenoxy) is 1. The minimum absolute atomic E-state index is 0.732. The van der Waals surface area contributed by atoms with Gasteiger partial charge in [-0.2, -0.15) is 0 Å². The van der Waals surface area contributed by atoms with Crippen molar-refractivity contribution in [1.82, 2.24) is 4.98 Å². The third-order valence-corrected chi connectivity index (χ3v) is 2.67. The van der Waals surface area contributed by atoms with E-state index in [0.717, 1.165) is 28.6 Å². The second kappa shape index (κ2) is 4.41. The Hall–Kier alpha value is -2.49. The molecule has 0 spiro atoms. The summed E-state index contributed by atoms with van der Waals surface area (Å²) in [5, 5.41) is 0. The van der Waals surface area contributed by atoms with Crippen LogP contribution in [0.4, 0.5) is 0 Å². The number of aliphatic imine (C=N–C) groups is 1. The van der Waals surface area contributed by atoms with E-state index in [1.807, 2.05) is 42.6 Å². The Balaban J connectivity index is 1.98. The molecule has 0 saturated heterocycles. The van der Waals surface area contributed by atoms with Gasteiger partial charge in [0.25, 0.3) is 0 Å². The standard InChI is InChI=1S/C14H12N2O2/c1-17-14-9-12(13-5-3-7-18-13)16-11(14)8-10-4-2-6-15-10/h2-9,15H,1H3/b11-8-. The molecule has 2 aromatic heterocycles. The van der Waals surface area contributed by atoms with Crippen LogP contribution in [0.1, 0.15) is 11.5 Å². The van der Waals surface area contributed by atoms with Crippen LogP contribution in [-0.4, -0.2) is 17.8 Å². The number of allylic oxidation sites excluding steroid dienone is 1. The molecule has 0 fully saturated rings. The SMILES string of the molecule is COC1=CC(c2ccco2)=N/C1=C\c1ccc[nH]1. The lowest BCUT2D eigenvalue weighted by Gasteiger charge is -2.00. The second-order valence-corrected chi connectivity index (χ2v) is 3.84. The number of aromatic amines is 1. The molecule has 3 heterocycles. The summed E-state index contributed by atoms with van der Waals surface area (Å²) in [6.45, 7) is 0. The third-order valence-electron chi connectivity index (χ3n) is 2.67. The molecule has 2 aromatic rings. The van der Waals surface area contributed by atoms with Gasteiger partial charge in [-0.15, -0.1) is 0 Å². The van der Waals surface area contributed by atoms with E-state index in [1.54, 1.807) is 13.4 Å². The number of hydrogen-bond donors (Lipinski definition) is 1. The molecule has 0 unspecified atom stereocenters. The van der Waals surface area contributed by atoms with Crippen molar-refractivity contribution in [3.8, 4) is 0 Å². The van der Waals surface area contributed by atoms with Gasteiger partial charge in [0.15, 0.2) is 5.76 Å². The fourth-order valence-electron chi connectivity index (χ4n) is 1.81. The van der Waals surface area contributed by atoms with Crippen molar-refractivity contribution < 1.29 is 9.15 Å². The molecule has 0 amide bonds. The van der Waals surface area contributed by atoms with Crippen molar-refractivity contribution in [3.63, 3.8) is 0 Å². The van der Waals surface area contributed by atoms with Crippen molar-refractivity contribution >= 4 is 11.8 Å². The summed E-state index contributed by atoms with van der Waals surface area (Å²) in [6.07, 6.45) is 7.30. The molecule has 4 heteroatoms. The van der Waals surface area contributed by atoms with Gasteiger partial charge in [-0.05, 0) is 30.3 Å². The fourth-order valence-corrected chi connectivity index (χ4v) is 1.81. The molecule has 0 bridgehead atoms. The highest BCUT2D eigenvalue weighted by Crippen LogP contribution is 2.24. The van der Waals surface area contributed by atoms with Crippen LogP contribution in [0.3, 0.4) is 0 Å². The lowest BCUT2D eigenvalue weighted by molar-refractivity contribution is 0.303. The zero-order valence-corrected chi connectivity index (χ0v) is 9.88. The Morgan fingerprint density at radius 2 is 2.28 bits per heavy atom. The van der Waals surface area contributed by atoms with E-state index in [9.17, 15) is 0 Å². The predicted molar refractivity (Wildman–Crippen MR) is 69.1 cm³/mol. The van der Waals surface area contributed by atoms with E-state index in [1.165, 1.54) is 0 Å². The van der Waals surface area contributed by atoms with Crippen LogP contribution in [-0.2, 0) is 4.74 Å². The molecule has 1 aliphatic heterocycles. The minimum atomic E-state index is 0.732. The summed E-state index contributed by atoms with van der Waals surface area (Å²) in [7, 11) is 1.63. The molecule has 4 nitrogen and oxygen atoms in total. The van der Waals surface area contributed by atoms with E-state index < -0.39 is 0 Å². The Labute approximate surface area is 104 Å². The van der Waals surface area contributed by atoms with E-state index in [2.05, 4.69) is 9.98 Å². The molecule has 0 radical (unpaired) electrons. The van der Waals surface area contributed by atoms with Crippen LogP contribution < -0.4 is 0 Å². The van der Waals surface area contributed by atoms with Crippen molar-refractivity contribution in [1.29, 1.82) is 0 Å². The summed E-state index contributed by atoms with van der Waals surface area (Å²) in [4.78, 5) is 7.61. The van der Waals surface area contributed by atoms with E-state index >= 15 is 0 Å². The smallest absolute Gasteiger partial charge is 0.152 e. The lowest BCUT2D eigenvalue weighted by atomic mass is 10.2. The highest BCUT2D eigenvalue weighted by molar-refractivity contribution is 6.10. The van der Waals surface area contributed by atoms with Gasteiger partial charge < -0.3 is 14.1 Å². The van der Waals surface area contributed by atoms with Gasteiger partial charge in [0.1, 0.15) is 17.2 Å². The highest BCUT2D eigenvalue weighted by atomic mass is 16.5. The molecule has 90 valence electrons. The first kappa shape index (κ1) is 10.7. The van der Waals surface area contributed by atoms with E-state index in [-0.39, 0.29) is 0 Å². The van der Waals surface area contributed by atoms with Gasteiger partial charge in [-0.3, -0.25) is 0 Å². The zero-order chi connectivity index (χ0) is 12.4. The normalized spacial score (nSPS) is 16.8. The molecule has 1 aliphatic rings. The maximum absolute atomic E-state index is 5.33. The molecule has 3 rings (SSSR count). The van der Waals surface area contributed by atoms with Gasteiger partial charge in [0.2, 0.25) is 0 Å². The van der Waals surface area contributed by atoms with E-state index in [4.69, 9.17) is 9.15 Å². The Morgan fingerprint density at radius 3 is 2.94 bits per heavy atom. The summed E-state index contributed by atoms with van der Waals surface area (Å²) in [6, 6.07) is 7.63. The van der Waals surface area contributed by atoms with Crippen LogP contribution >= 0.6 is 0 Å². The topological polar surface area (TPSA) is 50.5 Å². The maximum atomic E-state index is 5.33. The van der Waals surface area contributed by atoms with Crippen LogP contribution in [0.5, 0.6) is 0 Å². The third kappa shape index (κ3) is 1.88. The fraction of sp³-hybridized carbons (Fsp3) is 0.0714. The first-order valence-corrected chi connectivity index (χ1v) is 5.60.